The number of rotatable bonds is 7. The van der Waals surface area contributed by atoms with E-state index in [1.54, 1.807) is 26.0 Å². The lowest BCUT2D eigenvalue weighted by atomic mass is 9.86. The monoisotopic (exact) mass is 412 g/mol. The van der Waals surface area contributed by atoms with Gasteiger partial charge >= 0.3 is 0 Å². The van der Waals surface area contributed by atoms with Gasteiger partial charge in [0.05, 0.1) is 5.25 Å². The molecule has 1 heterocycles. The van der Waals surface area contributed by atoms with Crippen molar-refractivity contribution in [3.63, 3.8) is 0 Å². The fourth-order valence-corrected chi connectivity index (χ4v) is 4.82. The van der Waals surface area contributed by atoms with Crippen molar-refractivity contribution in [2.75, 3.05) is 11.9 Å². The van der Waals surface area contributed by atoms with Gasteiger partial charge in [0.2, 0.25) is 15.2 Å². The standard InChI is InChI=1S/C18H25FN4O2S2/c1-12(2)27(24,25)23-16-9-3-13(4-10-16)11-20-18-22-21-17(26-18)14-5-7-15(19)8-6-14/h5-8,12-13,16,23H,3-4,9-11H2,1-2H3,(H,20,22). The summed E-state index contributed by atoms with van der Waals surface area (Å²) in [6.45, 7) is 4.18. The fraction of sp³-hybridized carbons (Fsp3) is 0.556. The maximum absolute atomic E-state index is 13.0. The maximum atomic E-state index is 13.0. The largest absolute Gasteiger partial charge is 0.360 e. The van der Waals surface area contributed by atoms with Gasteiger partial charge in [-0.2, -0.15) is 0 Å². The van der Waals surface area contributed by atoms with Crippen molar-refractivity contribution in [3.05, 3.63) is 30.1 Å². The van der Waals surface area contributed by atoms with Gasteiger partial charge in [0.25, 0.3) is 0 Å². The van der Waals surface area contributed by atoms with Crippen LogP contribution in [0.3, 0.4) is 0 Å². The first kappa shape index (κ1) is 20.2. The highest BCUT2D eigenvalue weighted by molar-refractivity contribution is 7.90. The van der Waals surface area contributed by atoms with E-state index in [0.717, 1.165) is 47.9 Å². The van der Waals surface area contributed by atoms with E-state index in [1.165, 1.54) is 23.5 Å². The first-order valence-corrected chi connectivity index (χ1v) is 11.5. The van der Waals surface area contributed by atoms with Gasteiger partial charge < -0.3 is 5.32 Å². The lowest BCUT2D eigenvalue weighted by Crippen LogP contribution is -2.41. The van der Waals surface area contributed by atoms with Crippen LogP contribution in [0.25, 0.3) is 10.6 Å². The molecular weight excluding hydrogens is 387 g/mol. The Balaban J connectivity index is 1.46. The Labute approximate surface area is 163 Å². The van der Waals surface area contributed by atoms with Crippen molar-refractivity contribution in [1.29, 1.82) is 0 Å². The smallest absolute Gasteiger partial charge is 0.214 e. The highest BCUT2D eigenvalue weighted by atomic mass is 32.2. The van der Waals surface area contributed by atoms with Crippen LogP contribution < -0.4 is 10.0 Å². The first-order chi connectivity index (χ1) is 12.8. The van der Waals surface area contributed by atoms with Gasteiger partial charge in [0.15, 0.2) is 0 Å². The van der Waals surface area contributed by atoms with Gasteiger partial charge in [-0.3, -0.25) is 0 Å². The number of aromatic nitrogens is 2. The van der Waals surface area contributed by atoms with E-state index >= 15 is 0 Å². The van der Waals surface area contributed by atoms with E-state index in [2.05, 4.69) is 20.2 Å². The van der Waals surface area contributed by atoms with Crippen LogP contribution in [-0.4, -0.2) is 36.5 Å². The topological polar surface area (TPSA) is 84.0 Å². The van der Waals surface area contributed by atoms with Crippen LogP contribution >= 0.6 is 11.3 Å². The maximum Gasteiger partial charge on any atom is 0.214 e. The summed E-state index contributed by atoms with van der Waals surface area (Å²) in [6, 6.07) is 6.25. The molecule has 1 fully saturated rings. The number of sulfonamides is 1. The molecule has 0 radical (unpaired) electrons. The zero-order chi connectivity index (χ0) is 19.4. The van der Waals surface area contributed by atoms with Crippen molar-refractivity contribution in [2.24, 2.45) is 5.92 Å². The molecule has 1 aromatic heterocycles. The molecule has 1 aliphatic rings. The van der Waals surface area contributed by atoms with Crippen molar-refractivity contribution in [1.82, 2.24) is 14.9 Å². The Morgan fingerprint density at radius 2 is 1.81 bits per heavy atom. The number of benzene rings is 1. The van der Waals surface area contributed by atoms with Crippen LogP contribution in [0.2, 0.25) is 0 Å². The molecule has 6 nitrogen and oxygen atoms in total. The summed E-state index contributed by atoms with van der Waals surface area (Å²) in [7, 11) is -3.20. The Hall–Kier alpha value is -1.58. The van der Waals surface area contributed by atoms with Gasteiger partial charge in [-0.05, 0) is 69.7 Å². The predicted octanol–water partition coefficient (Wildman–Crippen LogP) is 3.64. The van der Waals surface area contributed by atoms with Crippen LogP contribution in [0.1, 0.15) is 39.5 Å². The molecule has 2 N–H and O–H groups in total. The highest BCUT2D eigenvalue weighted by Crippen LogP contribution is 2.29. The molecule has 148 valence electrons. The fourth-order valence-electron chi connectivity index (χ4n) is 3.09. The summed E-state index contributed by atoms with van der Waals surface area (Å²) in [5, 5.41) is 12.7. The van der Waals surface area contributed by atoms with Crippen molar-refractivity contribution < 1.29 is 12.8 Å². The summed E-state index contributed by atoms with van der Waals surface area (Å²) >= 11 is 1.44. The number of nitrogens with zero attached hydrogens (tertiary/aromatic N) is 2. The number of hydrogen-bond acceptors (Lipinski definition) is 6. The van der Waals surface area contributed by atoms with E-state index in [1.807, 2.05) is 0 Å². The Bertz CT molecular complexity index is 845. The van der Waals surface area contributed by atoms with E-state index in [9.17, 15) is 12.8 Å². The number of nitrogens with one attached hydrogen (secondary N) is 2. The second-order valence-electron chi connectivity index (χ2n) is 7.23. The molecule has 3 rings (SSSR count). The minimum Gasteiger partial charge on any atom is -0.360 e. The van der Waals surface area contributed by atoms with E-state index in [-0.39, 0.29) is 11.9 Å². The molecule has 1 aromatic carbocycles. The van der Waals surface area contributed by atoms with E-state index < -0.39 is 15.3 Å². The molecule has 1 saturated carbocycles. The third kappa shape index (κ3) is 5.46. The van der Waals surface area contributed by atoms with Crippen molar-refractivity contribution >= 4 is 26.5 Å². The molecule has 27 heavy (non-hydrogen) atoms. The molecule has 0 aliphatic heterocycles. The third-order valence-corrected chi connectivity index (χ3v) is 7.69. The lowest BCUT2D eigenvalue weighted by molar-refractivity contribution is 0.323. The van der Waals surface area contributed by atoms with Crippen LogP contribution in [0, 0.1) is 11.7 Å². The normalized spacial score (nSPS) is 20.7. The molecule has 0 spiro atoms. The Kier molecular flexibility index (Phi) is 6.44. The minimum atomic E-state index is -3.20. The average molecular weight is 413 g/mol. The van der Waals surface area contributed by atoms with Gasteiger partial charge in [0, 0.05) is 18.2 Å². The van der Waals surface area contributed by atoms with Crippen LogP contribution in [0.4, 0.5) is 9.52 Å². The lowest BCUT2D eigenvalue weighted by Gasteiger charge is -2.29. The van der Waals surface area contributed by atoms with Crippen LogP contribution in [0.15, 0.2) is 24.3 Å². The second kappa shape index (κ2) is 8.62. The molecule has 0 amide bonds. The molecule has 9 heteroatoms. The predicted molar refractivity (Wildman–Crippen MR) is 107 cm³/mol. The summed E-state index contributed by atoms with van der Waals surface area (Å²) in [5.74, 6) is 0.218. The Morgan fingerprint density at radius 3 is 2.44 bits per heavy atom. The quantitative estimate of drug-likeness (QED) is 0.725. The number of hydrogen-bond donors (Lipinski definition) is 2. The number of halogens is 1. The van der Waals surface area contributed by atoms with Crippen molar-refractivity contribution in [2.45, 2.75) is 50.8 Å². The zero-order valence-corrected chi connectivity index (χ0v) is 17.1. The highest BCUT2D eigenvalue weighted by Gasteiger charge is 2.26. The molecule has 0 atom stereocenters. The van der Waals surface area contributed by atoms with Gasteiger partial charge in [-0.25, -0.2) is 17.5 Å². The molecule has 0 unspecified atom stereocenters. The van der Waals surface area contributed by atoms with Crippen LogP contribution in [-0.2, 0) is 10.0 Å². The second-order valence-corrected chi connectivity index (χ2v) is 10.5. The molecular formula is C18H25FN4O2S2. The summed E-state index contributed by atoms with van der Waals surface area (Å²) in [5.41, 5.74) is 0.847. The molecule has 1 aliphatic carbocycles. The summed E-state index contributed by atoms with van der Waals surface area (Å²) < 4.78 is 39.8. The number of anilines is 1. The summed E-state index contributed by atoms with van der Waals surface area (Å²) in [4.78, 5) is 0. The zero-order valence-electron chi connectivity index (χ0n) is 15.5. The minimum absolute atomic E-state index is 0.0419. The van der Waals surface area contributed by atoms with Gasteiger partial charge in [-0.1, -0.05) is 11.3 Å². The third-order valence-electron chi connectivity index (χ3n) is 4.86. The Morgan fingerprint density at radius 1 is 1.15 bits per heavy atom. The molecule has 0 bridgehead atoms. The van der Waals surface area contributed by atoms with Gasteiger partial charge in [-0.15, -0.1) is 10.2 Å². The molecule has 2 aromatic rings. The van der Waals surface area contributed by atoms with Crippen LogP contribution in [0.5, 0.6) is 0 Å². The average Bonchev–Trinajstić information content (AvgIpc) is 3.10. The SMILES string of the molecule is CC(C)S(=O)(=O)NC1CCC(CNc2nnc(-c3ccc(F)cc3)s2)CC1. The first-order valence-electron chi connectivity index (χ1n) is 9.18. The van der Waals surface area contributed by atoms with Crippen molar-refractivity contribution in [3.8, 4) is 10.6 Å². The summed E-state index contributed by atoms with van der Waals surface area (Å²) in [6.07, 6.45) is 3.66. The van der Waals surface area contributed by atoms with E-state index in [4.69, 9.17) is 0 Å². The molecule has 0 saturated heterocycles. The van der Waals surface area contributed by atoms with Gasteiger partial charge in [0.1, 0.15) is 10.8 Å². The van der Waals surface area contributed by atoms with E-state index in [0.29, 0.717) is 5.92 Å².